The lowest BCUT2D eigenvalue weighted by atomic mass is 10.1. The second-order valence-corrected chi connectivity index (χ2v) is 6.69. The van der Waals surface area contributed by atoms with Crippen LogP contribution in [0.15, 0.2) is 59.5 Å². The van der Waals surface area contributed by atoms with Crippen molar-refractivity contribution >= 4 is 11.8 Å². The lowest BCUT2D eigenvalue weighted by Gasteiger charge is -2.21. The van der Waals surface area contributed by atoms with Gasteiger partial charge in [0.15, 0.2) is 0 Å². The zero-order valence-electron chi connectivity index (χ0n) is 14.1. The first-order chi connectivity index (χ1) is 11.3. The van der Waals surface area contributed by atoms with E-state index < -0.39 is 0 Å². The maximum Gasteiger partial charge on any atom is 0.133 e. The Morgan fingerprint density at radius 2 is 1.78 bits per heavy atom. The molecule has 0 heterocycles. The number of hydrogen-bond acceptors (Lipinski definition) is 3. The molecule has 0 saturated carbocycles. The van der Waals surface area contributed by atoms with E-state index in [-0.39, 0.29) is 6.10 Å². The lowest BCUT2D eigenvalue weighted by Crippen LogP contribution is -2.16. The van der Waals surface area contributed by atoms with E-state index in [1.165, 1.54) is 23.3 Å². The van der Waals surface area contributed by atoms with Crippen LogP contribution in [0, 0.1) is 0 Å². The smallest absolute Gasteiger partial charge is 0.133 e. The minimum absolute atomic E-state index is 0.0802. The van der Waals surface area contributed by atoms with Crippen molar-refractivity contribution in [1.29, 1.82) is 0 Å². The summed E-state index contributed by atoms with van der Waals surface area (Å²) in [4.78, 5) is 1.24. The third-order valence-corrected chi connectivity index (χ3v) is 4.84. The number of benzene rings is 2. The predicted molar refractivity (Wildman–Crippen MR) is 100 cm³/mol. The number of ether oxygens (including phenoxy) is 1. The van der Waals surface area contributed by atoms with Gasteiger partial charge >= 0.3 is 0 Å². The van der Waals surface area contributed by atoms with Crippen LogP contribution in [0.3, 0.4) is 0 Å². The molecule has 0 bridgehead atoms. The largest absolute Gasteiger partial charge is 0.485 e. The molecule has 0 aliphatic heterocycles. The van der Waals surface area contributed by atoms with E-state index in [1.807, 2.05) is 24.9 Å². The molecule has 0 amide bonds. The number of thioether (sulfide) groups is 1. The topological polar surface area (TPSA) is 21.3 Å². The van der Waals surface area contributed by atoms with E-state index in [4.69, 9.17) is 4.74 Å². The number of nitrogens with one attached hydrogen (secondary N) is 1. The third kappa shape index (κ3) is 5.92. The van der Waals surface area contributed by atoms with Crippen molar-refractivity contribution in [3.8, 4) is 5.75 Å². The Labute approximate surface area is 144 Å². The molecule has 0 aliphatic carbocycles. The van der Waals surface area contributed by atoms with Crippen molar-refractivity contribution in [2.45, 2.75) is 37.2 Å². The Morgan fingerprint density at radius 3 is 2.52 bits per heavy atom. The van der Waals surface area contributed by atoms with E-state index in [0.29, 0.717) is 0 Å². The van der Waals surface area contributed by atoms with Crippen molar-refractivity contribution in [2.24, 2.45) is 0 Å². The highest BCUT2D eigenvalue weighted by molar-refractivity contribution is 7.99. The van der Waals surface area contributed by atoms with Crippen LogP contribution >= 0.6 is 11.8 Å². The summed E-state index contributed by atoms with van der Waals surface area (Å²) in [5.74, 6) is 2.14. The van der Waals surface area contributed by atoms with E-state index >= 15 is 0 Å². The molecular formula is C20H27NOS. The van der Waals surface area contributed by atoms with Gasteiger partial charge in [-0.25, -0.2) is 0 Å². The van der Waals surface area contributed by atoms with Crippen LogP contribution in [0.1, 0.15) is 37.9 Å². The predicted octanol–water partition coefficient (Wildman–Crippen LogP) is 5.31. The third-order valence-electron chi connectivity index (χ3n) is 3.70. The molecule has 2 aromatic rings. The first-order valence-electron chi connectivity index (χ1n) is 8.43. The molecule has 2 nitrogen and oxygen atoms in total. The van der Waals surface area contributed by atoms with E-state index in [9.17, 15) is 0 Å². The van der Waals surface area contributed by atoms with Gasteiger partial charge in [0.1, 0.15) is 11.9 Å². The highest BCUT2D eigenvalue weighted by atomic mass is 32.2. The van der Waals surface area contributed by atoms with Crippen LogP contribution in [0.4, 0.5) is 0 Å². The maximum absolute atomic E-state index is 6.40. The van der Waals surface area contributed by atoms with Gasteiger partial charge in [0.05, 0.1) is 0 Å². The van der Waals surface area contributed by atoms with E-state index in [1.54, 1.807) is 0 Å². The monoisotopic (exact) mass is 329 g/mol. The maximum atomic E-state index is 6.40. The van der Waals surface area contributed by atoms with Crippen LogP contribution in [-0.4, -0.2) is 19.3 Å². The van der Waals surface area contributed by atoms with Crippen LogP contribution in [-0.2, 0) is 0 Å². The summed E-state index contributed by atoms with van der Waals surface area (Å²) in [6, 6.07) is 18.9. The van der Waals surface area contributed by atoms with Gasteiger partial charge in [-0.1, -0.05) is 55.8 Å². The van der Waals surface area contributed by atoms with Crippen LogP contribution in [0.25, 0.3) is 0 Å². The molecule has 0 radical (unpaired) electrons. The Kier molecular flexibility index (Phi) is 8.05. The van der Waals surface area contributed by atoms with Gasteiger partial charge in [-0.2, -0.15) is 0 Å². The molecular weight excluding hydrogens is 302 g/mol. The molecule has 3 heteroatoms. The van der Waals surface area contributed by atoms with Gasteiger partial charge in [0.25, 0.3) is 0 Å². The van der Waals surface area contributed by atoms with Gasteiger partial charge in [-0.3, -0.25) is 0 Å². The highest BCUT2D eigenvalue weighted by Crippen LogP contribution is 2.33. The molecule has 1 N–H and O–H groups in total. The summed E-state index contributed by atoms with van der Waals surface area (Å²) in [5.41, 5.74) is 1.23. The molecule has 0 aromatic heterocycles. The van der Waals surface area contributed by atoms with Crippen LogP contribution in [0.2, 0.25) is 0 Å². The zero-order valence-corrected chi connectivity index (χ0v) is 14.9. The second kappa shape index (κ2) is 10.3. The molecule has 1 atom stereocenters. The molecule has 2 rings (SSSR count). The van der Waals surface area contributed by atoms with Crippen LogP contribution in [0.5, 0.6) is 5.75 Å². The summed E-state index contributed by atoms with van der Waals surface area (Å²) in [6.07, 6.45) is 3.50. The van der Waals surface area contributed by atoms with E-state index in [0.717, 1.165) is 24.5 Å². The normalized spacial score (nSPS) is 12.1. The van der Waals surface area contributed by atoms with E-state index in [2.05, 4.69) is 60.8 Å². The fourth-order valence-electron chi connectivity index (χ4n) is 2.38. The van der Waals surface area contributed by atoms with Gasteiger partial charge in [-0.15, -0.1) is 11.8 Å². The molecule has 0 saturated heterocycles. The van der Waals surface area contributed by atoms with Gasteiger partial charge < -0.3 is 10.1 Å². The number of para-hydroxylation sites is 1. The summed E-state index contributed by atoms with van der Waals surface area (Å²) < 4.78 is 6.40. The molecule has 23 heavy (non-hydrogen) atoms. The fraction of sp³-hybridized carbons (Fsp3) is 0.400. The first-order valence-corrected chi connectivity index (χ1v) is 9.41. The van der Waals surface area contributed by atoms with Crippen molar-refractivity contribution in [1.82, 2.24) is 5.32 Å². The SMILES string of the molecule is CCCCSc1ccccc1O[C@@H](CCNC)c1ccccc1. The lowest BCUT2D eigenvalue weighted by molar-refractivity contribution is 0.190. The zero-order chi connectivity index (χ0) is 16.3. The number of unbranched alkanes of at least 4 members (excludes halogenated alkanes) is 1. The quantitative estimate of drug-likeness (QED) is 0.471. The molecule has 0 fully saturated rings. The van der Waals surface area contributed by atoms with Crippen molar-refractivity contribution in [3.05, 3.63) is 60.2 Å². The summed E-state index contributed by atoms with van der Waals surface area (Å²) in [5, 5.41) is 3.23. The van der Waals surface area contributed by atoms with Crippen molar-refractivity contribution < 1.29 is 4.74 Å². The molecule has 0 aliphatic rings. The summed E-state index contributed by atoms with van der Waals surface area (Å²) >= 11 is 1.89. The highest BCUT2D eigenvalue weighted by Gasteiger charge is 2.14. The number of rotatable bonds is 10. The average Bonchev–Trinajstić information content (AvgIpc) is 2.61. The Morgan fingerprint density at radius 1 is 1.04 bits per heavy atom. The molecule has 2 aromatic carbocycles. The summed E-state index contributed by atoms with van der Waals surface area (Å²) in [6.45, 7) is 3.16. The fourth-order valence-corrected chi connectivity index (χ4v) is 3.47. The van der Waals surface area contributed by atoms with Gasteiger partial charge in [0.2, 0.25) is 0 Å². The van der Waals surface area contributed by atoms with Gasteiger partial charge in [0, 0.05) is 11.3 Å². The van der Waals surface area contributed by atoms with Crippen LogP contribution < -0.4 is 10.1 Å². The molecule has 0 unspecified atom stereocenters. The minimum atomic E-state index is 0.0802. The first kappa shape index (κ1) is 17.9. The minimum Gasteiger partial charge on any atom is -0.485 e. The molecule has 0 spiro atoms. The summed E-state index contributed by atoms with van der Waals surface area (Å²) in [7, 11) is 1.98. The van der Waals surface area contributed by atoms with Crippen molar-refractivity contribution in [3.63, 3.8) is 0 Å². The average molecular weight is 330 g/mol. The Bertz CT molecular complexity index is 559. The molecule has 124 valence electrons. The Balaban J connectivity index is 2.12. The number of hydrogen-bond donors (Lipinski definition) is 1. The second-order valence-electron chi connectivity index (χ2n) is 5.56. The Hall–Kier alpha value is -1.45. The standard InChI is InChI=1S/C20H27NOS/c1-3-4-16-23-20-13-9-8-12-19(20)22-18(14-15-21-2)17-10-6-5-7-11-17/h5-13,18,21H,3-4,14-16H2,1-2H3/t18-/m0/s1. The van der Waals surface area contributed by atoms with Crippen molar-refractivity contribution in [2.75, 3.05) is 19.3 Å². The van der Waals surface area contributed by atoms with Gasteiger partial charge in [-0.05, 0) is 43.5 Å².